The first-order chi connectivity index (χ1) is 15.8. The van der Waals surface area contributed by atoms with Crippen LogP contribution in [0.2, 0.25) is 0 Å². The molecular weight excluding hydrogens is 454 g/mol. The second-order valence-electron chi connectivity index (χ2n) is 8.66. The first-order valence-electron chi connectivity index (χ1n) is 11.6. The Morgan fingerprint density at radius 2 is 1.73 bits per heavy atom. The first kappa shape index (κ1) is 25.6. The molecule has 1 heterocycles. The number of piperazine rings is 1. The molecule has 0 aromatic heterocycles. The van der Waals surface area contributed by atoms with E-state index >= 15 is 0 Å². The quantitative estimate of drug-likeness (QED) is 0.279. The average molecular weight is 490 g/mol. The third kappa shape index (κ3) is 7.22. The number of hydrogen-bond donors (Lipinski definition) is 1. The van der Waals surface area contributed by atoms with Crippen molar-refractivity contribution in [3.05, 3.63) is 54.1 Å². The van der Waals surface area contributed by atoms with E-state index in [1.807, 2.05) is 18.4 Å². The van der Waals surface area contributed by atoms with Crippen molar-refractivity contribution in [1.82, 2.24) is 4.90 Å². The number of thioether (sulfide) groups is 1. The summed E-state index contributed by atoms with van der Waals surface area (Å²) in [7, 11) is -3.47. The van der Waals surface area contributed by atoms with E-state index in [4.69, 9.17) is 0 Å². The van der Waals surface area contributed by atoms with Crippen LogP contribution in [0.3, 0.4) is 0 Å². The largest absolute Gasteiger partial charge is 0.369 e. The molecule has 0 atom stereocenters. The molecule has 1 fully saturated rings. The topological polar surface area (TPSA) is 69.7 Å². The number of rotatable bonds is 11. The summed E-state index contributed by atoms with van der Waals surface area (Å²) in [6.07, 6.45) is 4.17. The second-order valence-corrected chi connectivity index (χ2v) is 11.7. The van der Waals surface area contributed by atoms with Gasteiger partial charge in [-0.1, -0.05) is 24.3 Å². The number of carbonyl (C=O) groups excluding carboxylic acids is 1. The second kappa shape index (κ2) is 11.9. The van der Waals surface area contributed by atoms with Crippen LogP contribution < -0.4 is 9.62 Å². The highest BCUT2D eigenvalue weighted by Gasteiger charge is 2.19. The number of hydrogen-bond acceptors (Lipinski definition) is 6. The van der Waals surface area contributed by atoms with Crippen molar-refractivity contribution < 1.29 is 13.2 Å². The van der Waals surface area contributed by atoms with Crippen molar-refractivity contribution in [3.8, 4) is 0 Å². The molecule has 0 aliphatic carbocycles. The fourth-order valence-electron chi connectivity index (χ4n) is 3.87. The molecule has 0 radical (unpaired) electrons. The Morgan fingerprint density at radius 1 is 1.03 bits per heavy atom. The molecule has 180 valence electrons. The Hall–Kier alpha value is -2.03. The lowest BCUT2D eigenvalue weighted by atomic mass is 10.0. The standard InChI is InChI=1S/C25H35N3O3S2/c1-20(2)33(30,31)26-23-19-21(12-13-25(23)32-3)24(29)11-7-8-14-27-15-17-28(18-16-27)22-9-5-4-6-10-22/h4-6,9-10,12-13,19-20,26H,7-8,11,14-18H2,1-3H3. The molecule has 1 saturated heterocycles. The minimum atomic E-state index is -3.47. The van der Waals surface area contributed by atoms with Crippen LogP contribution in [-0.4, -0.2) is 63.3 Å². The molecular formula is C25H35N3O3S2. The zero-order valence-corrected chi connectivity index (χ0v) is 21.4. The number of benzene rings is 2. The van der Waals surface area contributed by atoms with E-state index in [0.717, 1.165) is 50.5 Å². The van der Waals surface area contributed by atoms with E-state index in [1.165, 1.54) is 17.4 Å². The van der Waals surface area contributed by atoms with Gasteiger partial charge in [0.05, 0.1) is 10.9 Å². The van der Waals surface area contributed by atoms with Crippen LogP contribution in [0.15, 0.2) is 53.4 Å². The zero-order chi connectivity index (χ0) is 23.8. The van der Waals surface area contributed by atoms with E-state index in [-0.39, 0.29) is 5.78 Å². The van der Waals surface area contributed by atoms with Gasteiger partial charge >= 0.3 is 0 Å². The van der Waals surface area contributed by atoms with Gasteiger partial charge in [0.2, 0.25) is 10.0 Å². The summed E-state index contributed by atoms with van der Waals surface area (Å²) in [5.41, 5.74) is 2.33. The number of sulfonamides is 1. The van der Waals surface area contributed by atoms with E-state index in [2.05, 4.69) is 38.8 Å². The summed E-state index contributed by atoms with van der Waals surface area (Å²) in [4.78, 5) is 18.4. The average Bonchev–Trinajstić information content (AvgIpc) is 2.82. The summed E-state index contributed by atoms with van der Waals surface area (Å²) in [6, 6.07) is 15.8. The smallest absolute Gasteiger partial charge is 0.235 e. The fourth-order valence-corrected chi connectivity index (χ4v) is 5.18. The molecule has 0 amide bonds. The Balaban J connectivity index is 1.46. The summed E-state index contributed by atoms with van der Waals surface area (Å²) in [6.45, 7) is 8.41. The van der Waals surface area contributed by atoms with Gasteiger partial charge in [0.25, 0.3) is 0 Å². The van der Waals surface area contributed by atoms with Crippen LogP contribution in [0, 0.1) is 0 Å². The van der Waals surface area contributed by atoms with Crippen LogP contribution >= 0.6 is 11.8 Å². The molecule has 2 aromatic rings. The molecule has 33 heavy (non-hydrogen) atoms. The molecule has 1 aliphatic rings. The van der Waals surface area contributed by atoms with Crippen LogP contribution in [0.1, 0.15) is 43.5 Å². The molecule has 1 aliphatic heterocycles. The van der Waals surface area contributed by atoms with Crippen LogP contribution in [0.5, 0.6) is 0 Å². The van der Waals surface area contributed by atoms with Gasteiger partial charge in [-0.3, -0.25) is 14.4 Å². The molecule has 8 heteroatoms. The highest BCUT2D eigenvalue weighted by atomic mass is 32.2. The molecule has 2 aromatic carbocycles. The molecule has 1 N–H and O–H groups in total. The maximum absolute atomic E-state index is 12.7. The van der Waals surface area contributed by atoms with Crippen molar-refractivity contribution in [2.24, 2.45) is 0 Å². The van der Waals surface area contributed by atoms with E-state index in [0.29, 0.717) is 17.7 Å². The number of ketones is 1. The van der Waals surface area contributed by atoms with Crippen molar-refractivity contribution in [2.75, 3.05) is 48.6 Å². The summed E-state index contributed by atoms with van der Waals surface area (Å²) < 4.78 is 27.2. The van der Waals surface area contributed by atoms with Gasteiger partial charge in [-0.2, -0.15) is 0 Å². The number of carbonyl (C=O) groups is 1. The number of nitrogens with zero attached hydrogens (tertiary/aromatic N) is 2. The number of nitrogens with one attached hydrogen (secondary N) is 1. The molecule has 0 spiro atoms. The maximum atomic E-state index is 12.7. The van der Waals surface area contributed by atoms with Gasteiger partial charge in [0, 0.05) is 48.7 Å². The van der Waals surface area contributed by atoms with Gasteiger partial charge in [-0.25, -0.2) is 8.42 Å². The Kier molecular flexibility index (Phi) is 9.23. The molecule has 6 nitrogen and oxygen atoms in total. The lowest BCUT2D eigenvalue weighted by Gasteiger charge is -2.36. The van der Waals surface area contributed by atoms with Gasteiger partial charge in [0.15, 0.2) is 5.78 Å². The number of unbranched alkanes of at least 4 members (excludes halogenated alkanes) is 1. The molecule has 0 bridgehead atoms. The number of para-hydroxylation sites is 1. The van der Waals surface area contributed by atoms with E-state index in [1.54, 1.807) is 26.0 Å². The van der Waals surface area contributed by atoms with Gasteiger partial charge < -0.3 is 4.90 Å². The molecule has 0 unspecified atom stereocenters. The number of anilines is 2. The Labute approximate surface area is 202 Å². The van der Waals surface area contributed by atoms with E-state index < -0.39 is 15.3 Å². The summed E-state index contributed by atoms with van der Waals surface area (Å²) in [5.74, 6) is 0.0570. The van der Waals surface area contributed by atoms with E-state index in [9.17, 15) is 13.2 Å². The maximum Gasteiger partial charge on any atom is 0.235 e. The predicted molar refractivity (Wildman–Crippen MR) is 139 cm³/mol. The summed E-state index contributed by atoms with van der Waals surface area (Å²) in [5, 5.41) is -0.541. The van der Waals surface area contributed by atoms with Crippen LogP contribution in [0.4, 0.5) is 11.4 Å². The van der Waals surface area contributed by atoms with Crippen molar-refractivity contribution in [3.63, 3.8) is 0 Å². The van der Waals surface area contributed by atoms with Crippen molar-refractivity contribution in [2.45, 2.75) is 43.3 Å². The third-order valence-corrected chi connectivity index (χ3v) is 8.56. The van der Waals surface area contributed by atoms with Crippen molar-refractivity contribution in [1.29, 1.82) is 0 Å². The first-order valence-corrected chi connectivity index (χ1v) is 14.3. The predicted octanol–water partition coefficient (Wildman–Crippen LogP) is 4.73. The lowest BCUT2D eigenvalue weighted by molar-refractivity contribution is 0.0977. The third-order valence-electron chi connectivity index (χ3n) is 6.02. The number of Topliss-reactive ketones (excluding diaryl/α,β-unsaturated/α-hetero) is 1. The minimum Gasteiger partial charge on any atom is -0.369 e. The zero-order valence-electron chi connectivity index (χ0n) is 19.8. The SMILES string of the molecule is CSc1ccc(C(=O)CCCCN2CCN(c3ccccc3)CC2)cc1NS(=O)(=O)C(C)C. The monoisotopic (exact) mass is 489 g/mol. The van der Waals surface area contributed by atoms with Gasteiger partial charge in [-0.05, 0) is 63.8 Å². The molecule has 3 rings (SSSR count). The summed E-state index contributed by atoms with van der Waals surface area (Å²) >= 11 is 1.46. The normalized spacial score (nSPS) is 15.1. The Morgan fingerprint density at radius 3 is 2.36 bits per heavy atom. The van der Waals surface area contributed by atoms with Gasteiger partial charge in [-0.15, -0.1) is 11.8 Å². The van der Waals surface area contributed by atoms with Gasteiger partial charge in [0.1, 0.15) is 0 Å². The lowest BCUT2D eigenvalue weighted by Crippen LogP contribution is -2.46. The highest BCUT2D eigenvalue weighted by Crippen LogP contribution is 2.28. The van der Waals surface area contributed by atoms with Crippen LogP contribution in [0.25, 0.3) is 0 Å². The van der Waals surface area contributed by atoms with Crippen LogP contribution in [-0.2, 0) is 10.0 Å². The van der Waals surface area contributed by atoms with Crippen molar-refractivity contribution >= 4 is 38.9 Å². The highest BCUT2D eigenvalue weighted by molar-refractivity contribution is 7.99. The molecule has 0 saturated carbocycles. The Bertz CT molecular complexity index is 1020. The minimum absolute atomic E-state index is 0.0570. The fraction of sp³-hybridized carbons (Fsp3) is 0.480.